The van der Waals surface area contributed by atoms with Gasteiger partial charge in [-0.05, 0) is 49.6 Å². The van der Waals surface area contributed by atoms with Gasteiger partial charge in [-0.15, -0.1) is 16.9 Å². The van der Waals surface area contributed by atoms with E-state index in [9.17, 15) is 9.59 Å². The summed E-state index contributed by atoms with van der Waals surface area (Å²) >= 11 is 1.56. The van der Waals surface area contributed by atoms with Gasteiger partial charge in [-0.3, -0.25) is 9.59 Å². The van der Waals surface area contributed by atoms with E-state index in [2.05, 4.69) is 15.4 Å². The number of amides is 2. The third kappa shape index (κ3) is 4.07. The van der Waals surface area contributed by atoms with Crippen molar-refractivity contribution in [1.82, 2.24) is 19.7 Å². The van der Waals surface area contributed by atoms with E-state index in [1.165, 1.54) is 0 Å². The van der Waals surface area contributed by atoms with E-state index in [1.54, 1.807) is 21.3 Å². The van der Waals surface area contributed by atoms with E-state index in [-0.39, 0.29) is 17.6 Å². The summed E-state index contributed by atoms with van der Waals surface area (Å²) in [4.78, 5) is 32.4. The van der Waals surface area contributed by atoms with Gasteiger partial charge in [0.1, 0.15) is 11.9 Å². The number of hydrogen-bond acceptors (Lipinski definition) is 5. The lowest BCUT2D eigenvalue weighted by Crippen LogP contribution is -2.44. The molecule has 0 bridgehead atoms. The fraction of sp³-hybridized carbons (Fsp3) is 0.304. The van der Waals surface area contributed by atoms with Crippen molar-refractivity contribution in [3.05, 3.63) is 71.8 Å². The molecule has 158 valence electrons. The van der Waals surface area contributed by atoms with Crippen molar-refractivity contribution in [2.24, 2.45) is 0 Å². The highest BCUT2D eigenvalue weighted by molar-refractivity contribution is 7.99. The molecule has 31 heavy (non-hydrogen) atoms. The minimum absolute atomic E-state index is 0.154. The molecule has 7 nitrogen and oxygen atoms in total. The number of benzene rings is 2. The summed E-state index contributed by atoms with van der Waals surface area (Å²) < 4.78 is 1.77. The molecule has 0 radical (unpaired) electrons. The lowest BCUT2D eigenvalue weighted by Gasteiger charge is -2.21. The number of hydrogen-bond donors (Lipinski definition) is 1. The maximum atomic E-state index is 13.3. The summed E-state index contributed by atoms with van der Waals surface area (Å²) in [5.41, 5.74) is 2.69. The maximum Gasteiger partial charge on any atom is 0.294 e. The molecule has 1 N–H and O–H groups in total. The molecule has 1 saturated heterocycles. The summed E-state index contributed by atoms with van der Waals surface area (Å²) in [6.07, 6.45) is 2.11. The second kappa shape index (κ2) is 8.19. The monoisotopic (exact) mass is 433 g/mol. The van der Waals surface area contributed by atoms with Crippen molar-refractivity contribution in [2.45, 2.75) is 31.7 Å². The van der Waals surface area contributed by atoms with Gasteiger partial charge in [-0.1, -0.05) is 30.3 Å². The number of carbonyl (C=O) groups excluding carboxylic acids is 2. The Labute approximate surface area is 184 Å². The molecule has 1 aliphatic carbocycles. The largest absolute Gasteiger partial charge is 0.324 e. The molecule has 1 aromatic heterocycles. The first kappa shape index (κ1) is 19.8. The number of rotatable bonds is 5. The number of aryl methyl sites for hydroxylation is 1. The molecule has 2 aliphatic rings. The SMILES string of the molecule is Cc1cccc(NC(=O)C2CSCN2C(=O)c2nc(C3CC3)n(-c3ccccc3)n2)c1. The van der Waals surface area contributed by atoms with Crippen molar-refractivity contribution in [3.63, 3.8) is 0 Å². The Morgan fingerprint density at radius 1 is 1.10 bits per heavy atom. The quantitative estimate of drug-likeness (QED) is 0.665. The van der Waals surface area contributed by atoms with Crippen LogP contribution in [0.4, 0.5) is 5.69 Å². The Balaban J connectivity index is 1.38. The summed E-state index contributed by atoms with van der Waals surface area (Å²) in [6, 6.07) is 16.8. The van der Waals surface area contributed by atoms with Gasteiger partial charge in [-0.25, -0.2) is 9.67 Å². The highest BCUT2D eigenvalue weighted by atomic mass is 32.2. The number of nitrogens with one attached hydrogen (secondary N) is 1. The third-order valence-electron chi connectivity index (χ3n) is 5.50. The summed E-state index contributed by atoms with van der Waals surface area (Å²) in [6.45, 7) is 1.98. The maximum absolute atomic E-state index is 13.3. The fourth-order valence-corrected chi connectivity index (χ4v) is 4.87. The lowest BCUT2D eigenvalue weighted by atomic mass is 10.2. The van der Waals surface area contributed by atoms with Gasteiger partial charge in [0.25, 0.3) is 5.91 Å². The van der Waals surface area contributed by atoms with E-state index in [1.807, 2.05) is 61.5 Å². The van der Waals surface area contributed by atoms with Crippen LogP contribution >= 0.6 is 11.8 Å². The molecule has 1 saturated carbocycles. The Hall–Kier alpha value is -3.13. The van der Waals surface area contributed by atoms with Crippen LogP contribution in [0.3, 0.4) is 0 Å². The predicted molar refractivity (Wildman–Crippen MR) is 120 cm³/mol. The highest BCUT2D eigenvalue weighted by Crippen LogP contribution is 2.40. The number of para-hydroxylation sites is 1. The Morgan fingerprint density at radius 2 is 1.90 bits per heavy atom. The first-order valence-electron chi connectivity index (χ1n) is 10.4. The molecule has 1 unspecified atom stereocenters. The number of anilines is 1. The molecule has 3 aromatic rings. The Bertz CT molecular complexity index is 1130. The minimum atomic E-state index is -0.550. The molecule has 1 atom stereocenters. The molecule has 5 rings (SSSR count). The van der Waals surface area contributed by atoms with E-state index in [0.29, 0.717) is 17.5 Å². The predicted octanol–water partition coefficient (Wildman–Crippen LogP) is 3.61. The van der Waals surface area contributed by atoms with E-state index >= 15 is 0 Å². The van der Waals surface area contributed by atoms with Gasteiger partial charge in [0.05, 0.1) is 11.6 Å². The van der Waals surface area contributed by atoms with Crippen LogP contribution in [0.15, 0.2) is 54.6 Å². The van der Waals surface area contributed by atoms with Crippen molar-refractivity contribution in [2.75, 3.05) is 16.9 Å². The van der Waals surface area contributed by atoms with Crippen LogP contribution in [0.1, 0.15) is 40.8 Å². The lowest BCUT2D eigenvalue weighted by molar-refractivity contribution is -0.119. The average Bonchev–Trinajstić information content (AvgIpc) is 3.33. The van der Waals surface area contributed by atoms with Crippen LogP contribution in [0, 0.1) is 6.92 Å². The minimum Gasteiger partial charge on any atom is -0.324 e. The molecular weight excluding hydrogens is 410 g/mol. The molecule has 2 fully saturated rings. The van der Waals surface area contributed by atoms with Crippen molar-refractivity contribution in [3.8, 4) is 5.69 Å². The van der Waals surface area contributed by atoms with E-state index in [4.69, 9.17) is 0 Å². The summed E-state index contributed by atoms with van der Waals surface area (Å²) in [7, 11) is 0. The van der Waals surface area contributed by atoms with Crippen LogP contribution in [0.2, 0.25) is 0 Å². The highest BCUT2D eigenvalue weighted by Gasteiger charge is 2.38. The zero-order valence-electron chi connectivity index (χ0n) is 17.2. The van der Waals surface area contributed by atoms with Crippen molar-refractivity contribution < 1.29 is 9.59 Å². The second-order valence-electron chi connectivity index (χ2n) is 7.96. The number of thioether (sulfide) groups is 1. The fourth-order valence-electron chi connectivity index (χ4n) is 3.72. The van der Waals surface area contributed by atoms with Gasteiger partial charge in [0.2, 0.25) is 11.7 Å². The van der Waals surface area contributed by atoms with E-state index in [0.717, 1.165) is 35.6 Å². The van der Waals surface area contributed by atoms with E-state index < -0.39 is 6.04 Å². The molecule has 8 heteroatoms. The summed E-state index contributed by atoms with van der Waals surface area (Å²) in [5.74, 6) is 1.83. The zero-order chi connectivity index (χ0) is 21.4. The van der Waals surface area contributed by atoms with Gasteiger partial charge >= 0.3 is 0 Å². The first-order valence-corrected chi connectivity index (χ1v) is 11.5. The number of aromatic nitrogens is 3. The molecular formula is C23H23N5O2S. The molecule has 0 spiro atoms. The van der Waals surface area contributed by atoms with Gasteiger partial charge < -0.3 is 10.2 Å². The smallest absolute Gasteiger partial charge is 0.294 e. The molecule has 2 heterocycles. The van der Waals surface area contributed by atoms with Crippen molar-refractivity contribution in [1.29, 1.82) is 0 Å². The van der Waals surface area contributed by atoms with Crippen molar-refractivity contribution >= 4 is 29.3 Å². The van der Waals surface area contributed by atoms with Gasteiger partial charge in [0.15, 0.2) is 0 Å². The Kier molecular flexibility index (Phi) is 5.23. The van der Waals surface area contributed by atoms with Crippen LogP contribution in [-0.2, 0) is 4.79 Å². The standard InChI is InChI=1S/C23H23N5O2S/c1-15-6-5-7-17(12-15)24-22(29)19-13-31-14-27(19)23(30)20-25-21(16-10-11-16)28(26-20)18-8-3-2-4-9-18/h2-9,12,16,19H,10-11,13-14H2,1H3,(H,24,29). The molecule has 1 aliphatic heterocycles. The topological polar surface area (TPSA) is 80.1 Å². The number of nitrogens with zero attached hydrogens (tertiary/aromatic N) is 4. The Morgan fingerprint density at radius 3 is 2.65 bits per heavy atom. The molecule has 2 amide bonds. The van der Waals surface area contributed by atoms with Crippen LogP contribution in [-0.4, -0.2) is 49.2 Å². The van der Waals surface area contributed by atoms with Gasteiger partial charge in [0, 0.05) is 17.4 Å². The molecule has 2 aromatic carbocycles. The van der Waals surface area contributed by atoms with Crippen LogP contribution in [0.5, 0.6) is 0 Å². The summed E-state index contributed by atoms with van der Waals surface area (Å²) in [5, 5.41) is 7.49. The third-order valence-corrected chi connectivity index (χ3v) is 6.51. The average molecular weight is 434 g/mol. The second-order valence-corrected chi connectivity index (χ2v) is 8.96. The van der Waals surface area contributed by atoms with Crippen LogP contribution < -0.4 is 5.32 Å². The zero-order valence-corrected chi connectivity index (χ0v) is 18.0. The van der Waals surface area contributed by atoms with Crippen LogP contribution in [0.25, 0.3) is 5.69 Å². The van der Waals surface area contributed by atoms with Gasteiger partial charge in [-0.2, -0.15) is 0 Å². The number of carbonyl (C=O) groups is 2. The first-order chi connectivity index (χ1) is 15.1. The normalized spacial score (nSPS) is 18.2.